The fraction of sp³-hybridized carbons (Fsp3) is 0.524. The molecule has 7 nitrogen and oxygen atoms in total. The van der Waals surface area contributed by atoms with E-state index in [0.717, 1.165) is 11.1 Å². The van der Waals surface area contributed by atoms with Gasteiger partial charge in [-0.2, -0.15) is 0 Å². The van der Waals surface area contributed by atoms with Crippen molar-refractivity contribution in [1.82, 2.24) is 15.1 Å². The molecule has 3 rings (SSSR count). The summed E-state index contributed by atoms with van der Waals surface area (Å²) in [7, 11) is 0. The van der Waals surface area contributed by atoms with E-state index in [4.69, 9.17) is 4.42 Å². The zero-order valence-corrected chi connectivity index (χ0v) is 17.1. The Bertz CT molecular complexity index is 851. The maximum absolute atomic E-state index is 12.5. The third-order valence-electron chi connectivity index (χ3n) is 5.22. The zero-order chi connectivity index (χ0) is 20.3. The summed E-state index contributed by atoms with van der Waals surface area (Å²) in [5.74, 6) is 0.852. The first kappa shape index (κ1) is 20.0. The van der Waals surface area contributed by atoms with Gasteiger partial charge >= 0.3 is 6.01 Å². The number of hydrogen-bond donors (Lipinski definition) is 0. The summed E-state index contributed by atoms with van der Waals surface area (Å²) in [6, 6.07) is 6.20. The van der Waals surface area contributed by atoms with Crippen molar-refractivity contribution < 1.29 is 14.0 Å². The van der Waals surface area contributed by atoms with E-state index in [0.29, 0.717) is 43.6 Å². The van der Waals surface area contributed by atoms with Crippen molar-refractivity contribution in [2.75, 3.05) is 31.1 Å². The lowest BCUT2D eigenvalue weighted by atomic mass is 10.0. The molecule has 28 heavy (non-hydrogen) atoms. The number of aromatic nitrogens is 2. The second-order valence-electron chi connectivity index (χ2n) is 7.67. The van der Waals surface area contributed by atoms with E-state index in [1.165, 1.54) is 0 Å². The molecule has 1 aliphatic heterocycles. The molecule has 1 fully saturated rings. The summed E-state index contributed by atoms with van der Waals surface area (Å²) in [5.41, 5.74) is 2.93. The van der Waals surface area contributed by atoms with Crippen LogP contribution in [0, 0.1) is 13.8 Å². The van der Waals surface area contributed by atoms with Crippen LogP contribution in [-0.2, 0) is 4.79 Å². The van der Waals surface area contributed by atoms with Gasteiger partial charge in [0, 0.05) is 50.5 Å². The number of benzene rings is 1. The van der Waals surface area contributed by atoms with Crippen LogP contribution in [0.5, 0.6) is 0 Å². The number of piperazine rings is 1. The first-order chi connectivity index (χ1) is 13.3. The van der Waals surface area contributed by atoms with Crippen LogP contribution >= 0.6 is 0 Å². The topological polar surface area (TPSA) is 79.5 Å². The van der Waals surface area contributed by atoms with E-state index in [9.17, 15) is 9.59 Å². The van der Waals surface area contributed by atoms with Gasteiger partial charge in [-0.15, -0.1) is 5.10 Å². The minimum Gasteiger partial charge on any atom is -0.408 e. The van der Waals surface area contributed by atoms with Gasteiger partial charge in [0.05, 0.1) is 0 Å². The molecular formula is C21H28N4O3. The fourth-order valence-corrected chi connectivity index (χ4v) is 3.17. The lowest BCUT2D eigenvalue weighted by Crippen LogP contribution is -2.49. The molecular weight excluding hydrogens is 356 g/mol. The number of ketones is 1. The highest BCUT2D eigenvalue weighted by molar-refractivity contribution is 5.98. The van der Waals surface area contributed by atoms with Gasteiger partial charge in [0.1, 0.15) is 0 Å². The molecule has 2 aromatic rings. The van der Waals surface area contributed by atoms with Crippen LogP contribution in [0.3, 0.4) is 0 Å². The molecule has 0 spiro atoms. The molecule has 1 saturated heterocycles. The Hall–Kier alpha value is -2.70. The van der Waals surface area contributed by atoms with Crippen molar-refractivity contribution in [3.05, 3.63) is 40.8 Å². The largest absolute Gasteiger partial charge is 0.408 e. The van der Waals surface area contributed by atoms with Crippen LogP contribution < -0.4 is 4.90 Å². The number of carbonyl (C=O) groups excluding carboxylic acids is 2. The molecule has 1 aromatic carbocycles. The molecule has 1 aliphatic rings. The first-order valence-corrected chi connectivity index (χ1v) is 9.81. The number of nitrogens with zero attached hydrogens (tertiary/aromatic N) is 4. The summed E-state index contributed by atoms with van der Waals surface area (Å²) in [6.07, 6.45) is 0.479. The van der Waals surface area contributed by atoms with Gasteiger partial charge in [-0.1, -0.05) is 31.1 Å². The van der Waals surface area contributed by atoms with E-state index < -0.39 is 0 Å². The minimum absolute atomic E-state index is 0.0159. The van der Waals surface area contributed by atoms with Crippen molar-refractivity contribution >= 4 is 17.7 Å². The second-order valence-corrected chi connectivity index (χ2v) is 7.67. The average Bonchev–Trinajstić information content (AvgIpc) is 3.18. The summed E-state index contributed by atoms with van der Waals surface area (Å²) < 4.78 is 5.68. The van der Waals surface area contributed by atoms with Crippen LogP contribution in [-0.4, -0.2) is 53.0 Å². The maximum Gasteiger partial charge on any atom is 0.318 e. The molecule has 0 aliphatic carbocycles. The van der Waals surface area contributed by atoms with E-state index in [1.54, 1.807) is 0 Å². The van der Waals surface area contributed by atoms with Gasteiger partial charge in [0.25, 0.3) is 0 Å². The first-order valence-electron chi connectivity index (χ1n) is 9.81. The zero-order valence-electron chi connectivity index (χ0n) is 17.1. The Balaban J connectivity index is 1.48. The highest BCUT2D eigenvalue weighted by atomic mass is 16.4. The van der Waals surface area contributed by atoms with Gasteiger partial charge in [0.15, 0.2) is 5.78 Å². The smallest absolute Gasteiger partial charge is 0.318 e. The lowest BCUT2D eigenvalue weighted by molar-refractivity contribution is -0.131. The Morgan fingerprint density at radius 3 is 2.36 bits per heavy atom. The number of amides is 1. The number of rotatable bonds is 6. The van der Waals surface area contributed by atoms with Crippen molar-refractivity contribution in [1.29, 1.82) is 0 Å². The van der Waals surface area contributed by atoms with E-state index in [1.807, 2.05) is 55.7 Å². The van der Waals surface area contributed by atoms with E-state index in [-0.39, 0.29) is 30.4 Å². The predicted octanol–water partition coefficient (Wildman–Crippen LogP) is 3.12. The van der Waals surface area contributed by atoms with Crippen LogP contribution in [0.1, 0.15) is 60.0 Å². The molecule has 0 bridgehead atoms. The van der Waals surface area contributed by atoms with Crippen molar-refractivity contribution in [2.24, 2.45) is 0 Å². The SMILES string of the molecule is Cc1ccc(C(=O)CCC(=O)N2CCN(c3nnc(C(C)C)o3)CC2)cc1C. The van der Waals surface area contributed by atoms with Gasteiger partial charge in [-0.3, -0.25) is 9.59 Å². The lowest BCUT2D eigenvalue weighted by Gasteiger charge is -2.33. The number of anilines is 1. The van der Waals surface area contributed by atoms with Crippen LogP contribution in [0.4, 0.5) is 6.01 Å². The predicted molar refractivity (Wildman–Crippen MR) is 107 cm³/mol. The number of hydrogen-bond acceptors (Lipinski definition) is 6. The monoisotopic (exact) mass is 384 g/mol. The molecule has 0 N–H and O–H groups in total. The average molecular weight is 384 g/mol. The number of carbonyl (C=O) groups is 2. The molecule has 2 heterocycles. The summed E-state index contributed by atoms with van der Waals surface area (Å²) in [5, 5.41) is 8.16. The van der Waals surface area contributed by atoms with Gasteiger partial charge in [-0.05, 0) is 31.0 Å². The molecule has 0 saturated carbocycles. The Kier molecular flexibility index (Phi) is 6.11. The molecule has 150 valence electrons. The molecule has 1 aromatic heterocycles. The molecule has 0 radical (unpaired) electrons. The summed E-state index contributed by atoms with van der Waals surface area (Å²) in [4.78, 5) is 28.7. The van der Waals surface area contributed by atoms with Crippen molar-refractivity contribution in [3.8, 4) is 0 Å². The number of Topliss-reactive ketones (excluding diaryl/α,β-unsaturated/α-hetero) is 1. The fourth-order valence-electron chi connectivity index (χ4n) is 3.17. The highest BCUT2D eigenvalue weighted by Gasteiger charge is 2.25. The normalized spacial score (nSPS) is 14.6. The molecule has 1 amide bonds. The van der Waals surface area contributed by atoms with E-state index in [2.05, 4.69) is 10.2 Å². The van der Waals surface area contributed by atoms with Gasteiger partial charge < -0.3 is 14.2 Å². The Morgan fingerprint density at radius 1 is 1.04 bits per heavy atom. The van der Waals surface area contributed by atoms with Crippen LogP contribution in [0.15, 0.2) is 22.6 Å². The Labute approximate surface area is 165 Å². The van der Waals surface area contributed by atoms with Crippen molar-refractivity contribution in [2.45, 2.75) is 46.5 Å². The third kappa shape index (κ3) is 4.58. The quantitative estimate of drug-likeness (QED) is 0.712. The van der Waals surface area contributed by atoms with Crippen LogP contribution in [0.2, 0.25) is 0 Å². The highest BCUT2D eigenvalue weighted by Crippen LogP contribution is 2.20. The number of aryl methyl sites for hydroxylation is 2. The molecule has 7 heteroatoms. The Morgan fingerprint density at radius 2 is 1.75 bits per heavy atom. The van der Waals surface area contributed by atoms with Crippen LogP contribution in [0.25, 0.3) is 0 Å². The standard InChI is InChI=1S/C21H28N4O3/c1-14(2)20-22-23-21(28-20)25-11-9-24(10-12-25)19(27)8-7-18(26)17-6-5-15(3)16(4)13-17/h5-6,13-14H,7-12H2,1-4H3. The molecule has 0 atom stereocenters. The second kappa shape index (κ2) is 8.54. The summed E-state index contributed by atoms with van der Waals surface area (Å²) >= 11 is 0. The molecule has 0 unspecified atom stereocenters. The third-order valence-corrected chi connectivity index (χ3v) is 5.22. The van der Waals surface area contributed by atoms with E-state index >= 15 is 0 Å². The maximum atomic E-state index is 12.5. The van der Waals surface area contributed by atoms with Crippen molar-refractivity contribution in [3.63, 3.8) is 0 Å². The summed E-state index contributed by atoms with van der Waals surface area (Å²) in [6.45, 7) is 10.5. The minimum atomic E-state index is 0.0159. The van der Waals surface area contributed by atoms with Gasteiger partial charge in [0.2, 0.25) is 11.8 Å². The van der Waals surface area contributed by atoms with Gasteiger partial charge in [-0.25, -0.2) is 0 Å².